The Balaban J connectivity index is 1.76. The van der Waals surface area contributed by atoms with Crippen LogP contribution in [-0.4, -0.2) is 31.8 Å². The van der Waals surface area contributed by atoms with Gasteiger partial charge in [-0.05, 0) is 42.9 Å². The van der Waals surface area contributed by atoms with Gasteiger partial charge in [0.05, 0.1) is 26.5 Å². The van der Waals surface area contributed by atoms with E-state index in [1.54, 1.807) is 32.4 Å². The fourth-order valence-corrected chi connectivity index (χ4v) is 2.42. The lowest BCUT2D eigenvalue weighted by molar-refractivity contribution is -0.119. The van der Waals surface area contributed by atoms with Crippen molar-refractivity contribution in [3.05, 3.63) is 48.5 Å². The lowest BCUT2D eigenvalue weighted by atomic mass is 10.2. The fourth-order valence-electron chi connectivity index (χ4n) is 2.19. The normalized spacial score (nSPS) is 9.92. The number of carbonyl (C=O) groups is 1. The van der Waals surface area contributed by atoms with Gasteiger partial charge < -0.3 is 24.8 Å². The van der Waals surface area contributed by atoms with Crippen molar-refractivity contribution in [2.75, 3.05) is 26.1 Å². The van der Waals surface area contributed by atoms with Crippen LogP contribution in [0.1, 0.15) is 12.8 Å². The van der Waals surface area contributed by atoms with Crippen molar-refractivity contribution in [2.45, 2.75) is 12.8 Å². The Morgan fingerprint density at radius 1 is 1.04 bits per heavy atom. The van der Waals surface area contributed by atoms with Crippen LogP contribution < -0.4 is 24.8 Å². The van der Waals surface area contributed by atoms with Crippen LogP contribution in [-0.2, 0) is 4.79 Å². The highest BCUT2D eigenvalue weighted by Crippen LogP contribution is 2.28. The Morgan fingerprint density at radius 3 is 2.50 bits per heavy atom. The van der Waals surface area contributed by atoms with Crippen molar-refractivity contribution in [3.63, 3.8) is 0 Å². The topological polar surface area (TPSA) is 68.8 Å². The average molecular weight is 374 g/mol. The molecule has 0 radical (unpaired) electrons. The number of nitrogens with one attached hydrogen (secondary N) is 2. The maximum absolute atomic E-state index is 12.0. The molecule has 0 aliphatic carbocycles. The molecule has 7 heteroatoms. The first-order valence-electron chi connectivity index (χ1n) is 8.13. The molecule has 1 amide bonds. The lowest BCUT2D eigenvalue weighted by Crippen LogP contribution is -2.34. The van der Waals surface area contributed by atoms with Gasteiger partial charge in [-0.2, -0.15) is 0 Å². The van der Waals surface area contributed by atoms with E-state index in [2.05, 4.69) is 10.6 Å². The monoisotopic (exact) mass is 374 g/mol. The summed E-state index contributed by atoms with van der Waals surface area (Å²) in [4.78, 5) is 12.0. The molecule has 0 aliphatic rings. The van der Waals surface area contributed by atoms with Crippen LogP contribution in [0.5, 0.6) is 17.2 Å². The average Bonchev–Trinajstić information content (AvgIpc) is 2.66. The van der Waals surface area contributed by atoms with Crippen LogP contribution >= 0.6 is 12.2 Å². The number of hydrogen-bond donors (Lipinski definition) is 2. The maximum Gasteiger partial charge on any atom is 0.226 e. The van der Waals surface area contributed by atoms with Crippen molar-refractivity contribution in [1.29, 1.82) is 0 Å². The number of amides is 1. The molecule has 0 spiro atoms. The molecule has 2 N–H and O–H groups in total. The molecule has 6 nitrogen and oxygen atoms in total. The van der Waals surface area contributed by atoms with Gasteiger partial charge in [-0.25, -0.2) is 0 Å². The quantitative estimate of drug-likeness (QED) is 0.545. The van der Waals surface area contributed by atoms with Gasteiger partial charge in [-0.1, -0.05) is 18.2 Å². The van der Waals surface area contributed by atoms with Crippen LogP contribution in [0.15, 0.2) is 48.5 Å². The minimum Gasteiger partial charge on any atom is -0.497 e. The first kappa shape index (κ1) is 19.5. The minimum atomic E-state index is -0.180. The van der Waals surface area contributed by atoms with Crippen LogP contribution in [0.2, 0.25) is 0 Å². The molecule has 0 fully saturated rings. The summed E-state index contributed by atoms with van der Waals surface area (Å²) in [6.07, 6.45) is 0.899. The van der Waals surface area contributed by atoms with Gasteiger partial charge >= 0.3 is 0 Å². The van der Waals surface area contributed by atoms with Gasteiger partial charge in [-0.15, -0.1) is 0 Å². The number of carbonyl (C=O) groups excluding carboxylic acids is 1. The number of benzene rings is 2. The zero-order chi connectivity index (χ0) is 18.8. The molecule has 2 aromatic carbocycles. The van der Waals surface area contributed by atoms with E-state index in [-0.39, 0.29) is 11.0 Å². The smallest absolute Gasteiger partial charge is 0.226 e. The summed E-state index contributed by atoms with van der Waals surface area (Å²) < 4.78 is 16.0. The summed E-state index contributed by atoms with van der Waals surface area (Å²) in [7, 11) is 3.13. The van der Waals surface area contributed by atoms with E-state index in [0.717, 1.165) is 5.75 Å². The fraction of sp³-hybridized carbons (Fsp3) is 0.263. The van der Waals surface area contributed by atoms with E-state index in [1.165, 1.54) is 0 Å². The molecule has 0 aromatic heterocycles. The van der Waals surface area contributed by atoms with Crippen molar-refractivity contribution in [1.82, 2.24) is 5.32 Å². The van der Waals surface area contributed by atoms with Gasteiger partial charge in [0.25, 0.3) is 0 Å². The Kier molecular flexibility index (Phi) is 7.70. The summed E-state index contributed by atoms with van der Waals surface area (Å²) in [5, 5.41) is 5.79. The third-order valence-corrected chi connectivity index (χ3v) is 3.67. The standard InChI is InChI=1S/C19H22N2O4S/c1-23-15-10-11-17(24-2)16(13-15)20-19(26)21-18(22)9-6-12-25-14-7-4-3-5-8-14/h3-5,7-8,10-11,13H,6,9,12H2,1-2H3,(H2,20,21,22,26). The molecule has 0 saturated heterocycles. The molecular formula is C19H22N2O4S. The van der Waals surface area contributed by atoms with Crippen molar-refractivity contribution in [3.8, 4) is 17.2 Å². The second kappa shape index (κ2) is 10.2. The summed E-state index contributed by atoms with van der Waals surface area (Å²) in [5.74, 6) is 1.86. The van der Waals surface area contributed by atoms with Crippen LogP contribution in [0.4, 0.5) is 5.69 Å². The molecule has 0 heterocycles. The van der Waals surface area contributed by atoms with Gasteiger partial charge in [0.1, 0.15) is 17.2 Å². The van der Waals surface area contributed by atoms with Crippen molar-refractivity contribution >= 4 is 28.9 Å². The molecule has 0 atom stereocenters. The van der Waals surface area contributed by atoms with E-state index >= 15 is 0 Å². The maximum atomic E-state index is 12.0. The highest BCUT2D eigenvalue weighted by atomic mass is 32.1. The Morgan fingerprint density at radius 2 is 1.81 bits per heavy atom. The Bertz CT molecular complexity index is 738. The van der Waals surface area contributed by atoms with Crippen molar-refractivity contribution < 1.29 is 19.0 Å². The predicted molar refractivity (Wildman–Crippen MR) is 105 cm³/mol. The van der Waals surface area contributed by atoms with E-state index < -0.39 is 0 Å². The predicted octanol–water partition coefficient (Wildman–Crippen LogP) is 3.38. The summed E-state index contributed by atoms with van der Waals surface area (Å²) in [6, 6.07) is 14.8. The molecule has 2 aromatic rings. The molecular weight excluding hydrogens is 352 g/mol. The number of methoxy groups -OCH3 is 2. The van der Waals surface area contributed by atoms with Gasteiger partial charge in [-0.3, -0.25) is 4.79 Å². The van der Waals surface area contributed by atoms with E-state index in [1.807, 2.05) is 30.3 Å². The molecule has 0 bridgehead atoms. The molecule has 0 unspecified atom stereocenters. The van der Waals surface area contributed by atoms with Gasteiger partial charge in [0.2, 0.25) is 5.91 Å². The van der Waals surface area contributed by atoms with E-state index in [0.29, 0.717) is 36.6 Å². The number of ether oxygens (including phenoxy) is 3. The first-order chi connectivity index (χ1) is 12.6. The molecule has 0 saturated carbocycles. The highest BCUT2D eigenvalue weighted by molar-refractivity contribution is 7.80. The number of anilines is 1. The number of rotatable bonds is 8. The third-order valence-electron chi connectivity index (χ3n) is 3.47. The Hall–Kier alpha value is -2.80. The summed E-state index contributed by atoms with van der Waals surface area (Å²) >= 11 is 5.18. The zero-order valence-electron chi connectivity index (χ0n) is 14.8. The lowest BCUT2D eigenvalue weighted by Gasteiger charge is -2.14. The van der Waals surface area contributed by atoms with Crippen molar-refractivity contribution in [2.24, 2.45) is 0 Å². The number of thiocarbonyl (C=S) groups is 1. The zero-order valence-corrected chi connectivity index (χ0v) is 15.6. The molecule has 2 rings (SSSR count). The van der Waals surface area contributed by atoms with Crippen LogP contribution in [0, 0.1) is 0 Å². The second-order valence-electron chi connectivity index (χ2n) is 5.33. The first-order valence-corrected chi connectivity index (χ1v) is 8.54. The number of hydrogen-bond acceptors (Lipinski definition) is 5. The SMILES string of the molecule is COc1ccc(OC)c(NC(=S)NC(=O)CCCOc2ccccc2)c1. The largest absolute Gasteiger partial charge is 0.497 e. The van der Waals surface area contributed by atoms with E-state index in [9.17, 15) is 4.79 Å². The Labute approximate surface area is 158 Å². The van der Waals surface area contributed by atoms with Gasteiger partial charge in [0.15, 0.2) is 5.11 Å². The van der Waals surface area contributed by atoms with Gasteiger partial charge in [0, 0.05) is 12.5 Å². The summed E-state index contributed by atoms with van der Waals surface area (Å²) in [6.45, 7) is 0.460. The summed E-state index contributed by atoms with van der Waals surface area (Å²) in [5.41, 5.74) is 0.615. The van der Waals surface area contributed by atoms with E-state index in [4.69, 9.17) is 26.4 Å². The molecule has 26 heavy (non-hydrogen) atoms. The molecule has 0 aliphatic heterocycles. The van der Waals surface area contributed by atoms with Crippen LogP contribution in [0.25, 0.3) is 0 Å². The third kappa shape index (κ3) is 6.25. The number of para-hydroxylation sites is 1. The minimum absolute atomic E-state index is 0.180. The highest BCUT2D eigenvalue weighted by Gasteiger charge is 2.09. The van der Waals surface area contributed by atoms with Crippen LogP contribution in [0.3, 0.4) is 0 Å². The second-order valence-corrected chi connectivity index (χ2v) is 5.74. The molecule has 138 valence electrons.